The molecule has 0 bridgehead atoms. The molecule has 2 nitrogen and oxygen atoms in total. The van der Waals surface area contributed by atoms with Gasteiger partial charge in [-0.15, -0.1) is 0 Å². The van der Waals surface area contributed by atoms with Crippen LogP contribution >= 0.6 is 0 Å². The lowest BCUT2D eigenvalue weighted by molar-refractivity contribution is 0.176. The van der Waals surface area contributed by atoms with Crippen LogP contribution in [0.3, 0.4) is 0 Å². The van der Waals surface area contributed by atoms with E-state index in [1.54, 1.807) is 0 Å². The van der Waals surface area contributed by atoms with E-state index in [4.69, 9.17) is 10.5 Å². The summed E-state index contributed by atoms with van der Waals surface area (Å²) < 4.78 is 5.48. The number of rotatable bonds is 2. The molecule has 0 spiro atoms. The molecule has 3 atom stereocenters. The maximum absolute atomic E-state index is 6.49. The Bertz CT molecular complexity index is 384. The summed E-state index contributed by atoms with van der Waals surface area (Å²) in [5.41, 5.74) is 9.50. The van der Waals surface area contributed by atoms with Gasteiger partial charge in [-0.25, -0.2) is 0 Å². The number of benzene rings is 1. The third-order valence-electron chi connectivity index (χ3n) is 4.39. The Labute approximate surface area is 103 Å². The molecule has 1 aliphatic carbocycles. The molecule has 2 aliphatic rings. The van der Waals surface area contributed by atoms with Gasteiger partial charge in [-0.2, -0.15) is 0 Å². The molecule has 3 unspecified atom stereocenters. The van der Waals surface area contributed by atoms with Gasteiger partial charge in [0.05, 0.1) is 6.61 Å². The fraction of sp³-hybridized carbons (Fsp3) is 0.600. The Morgan fingerprint density at radius 1 is 1.24 bits per heavy atom. The zero-order valence-electron chi connectivity index (χ0n) is 10.3. The lowest BCUT2D eigenvalue weighted by Gasteiger charge is -2.33. The molecular formula is C15H21NO. The summed E-state index contributed by atoms with van der Waals surface area (Å²) in [6, 6.07) is 9.10. The third-order valence-corrected chi connectivity index (χ3v) is 4.39. The number of aryl methyl sites for hydroxylation is 1. The summed E-state index contributed by atoms with van der Waals surface area (Å²) >= 11 is 0. The Morgan fingerprint density at radius 2 is 2.12 bits per heavy atom. The fourth-order valence-electron chi connectivity index (χ4n) is 3.38. The van der Waals surface area contributed by atoms with Crippen molar-refractivity contribution in [3.05, 3.63) is 35.4 Å². The molecule has 0 radical (unpaired) electrons. The van der Waals surface area contributed by atoms with E-state index in [9.17, 15) is 0 Å². The normalized spacial score (nSPS) is 29.9. The summed E-state index contributed by atoms with van der Waals surface area (Å²) in [7, 11) is 0. The molecule has 17 heavy (non-hydrogen) atoms. The van der Waals surface area contributed by atoms with Crippen LogP contribution in [0.1, 0.15) is 36.3 Å². The zero-order valence-corrected chi connectivity index (χ0v) is 10.3. The van der Waals surface area contributed by atoms with Gasteiger partial charge < -0.3 is 10.5 Å². The maximum Gasteiger partial charge on any atom is 0.0510 e. The lowest BCUT2D eigenvalue weighted by Crippen LogP contribution is -2.38. The van der Waals surface area contributed by atoms with Crippen LogP contribution in [0.25, 0.3) is 0 Å². The molecule has 1 fully saturated rings. The van der Waals surface area contributed by atoms with E-state index in [0.29, 0.717) is 11.8 Å². The molecule has 1 aromatic rings. The van der Waals surface area contributed by atoms with Crippen LogP contribution in [-0.2, 0) is 11.2 Å². The zero-order chi connectivity index (χ0) is 11.7. The molecule has 2 heteroatoms. The van der Waals surface area contributed by atoms with E-state index in [2.05, 4.69) is 24.3 Å². The van der Waals surface area contributed by atoms with Crippen molar-refractivity contribution in [2.45, 2.75) is 37.6 Å². The van der Waals surface area contributed by atoms with Gasteiger partial charge in [0.25, 0.3) is 0 Å². The third kappa shape index (κ3) is 2.12. The van der Waals surface area contributed by atoms with Crippen molar-refractivity contribution >= 4 is 0 Å². The highest BCUT2D eigenvalue weighted by atomic mass is 16.5. The van der Waals surface area contributed by atoms with E-state index in [0.717, 1.165) is 19.6 Å². The predicted octanol–water partition coefficient (Wildman–Crippen LogP) is 2.47. The fourth-order valence-corrected chi connectivity index (χ4v) is 3.38. The SMILES string of the molecule is NC(C1CCOC1)C1CCCc2ccccc21. The number of fused-ring (bicyclic) bond motifs is 1. The van der Waals surface area contributed by atoms with Gasteiger partial charge in [0.1, 0.15) is 0 Å². The van der Waals surface area contributed by atoms with Crippen LogP contribution in [0, 0.1) is 5.92 Å². The molecule has 3 rings (SSSR count). The first-order chi connectivity index (χ1) is 8.36. The second-order valence-electron chi connectivity index (χ2n) is 5.40. The number of ether oxygens (including phenoxy) is 1. The highest BCUT2D eigenvalue weighted by Crippen LogP contribution is 2.36. The molecule has 1 saturated heterocycles. The standard InChI is InChI=1S/C15H21NO/c16-15(12-8-9-17-10-12)14-7-3-5-11-4-1-2-6-13(11)14/h1-2,4,6,12,14-15H,3,5,7-10,16H2. The van der Waals surface area contributed by atoms with E-state index in [-0.39, 0.29) is 6.04 Å². The predicted molar refractivity (Wildman–Crippen MR) is 69.0 cm³/mol. The van der Waals surface area contributed by atoms with Crippen molar-refractivity contribution < 1.29 is 4.74 Å². The maximum atomic E-state index is 6.49. The molecule has 0 aromatic heterocycles. The Balaban J connectivity index is 1.84. The Morgan fingerprint density at radius 3 is 2.94 bits per heavy atom. The van der Waals surface area contributed by atoms with Gasteiger partial charge in [-0.1, -0.05) is 24.3 Å². The Hall–Kier alpha value is -0.860. The molecule has 1 aromatic carbocycles. The van der Waals surface area contributed by atoms with Gasteiger partial charge in [0.15, 0.2) is 0 Å². The quantitative estimate of drug-likeness (QED) is 0.848. The van der Waals surface area contributed by atoms with Gasteiger partial charge in [-0.05, 0) is 42.7 Å². The molecule has 0 amide bonds. The van der Waals surface area contributed by atoms with Crippen molar-refractivity contribution in [1.82, 2.24) is 0 Å². The average molecular weight is 231 g/mol. The largest absolute Gasteiger partial charge is 0.381 e. The first-order valence-corrected chi connectivity index (χ1v) is 6.77. The highest BCUT2D eigenvalue weighted by Gasteiger charge is 2.32. The van der Waals surface area contributed by atoms with Crippen molar-refractivity contribution in [3.63, 3.8) is 0 Å². The van der Waals surface area contributed by atoms with Gasteiger partial charge in [0, 0.05) is 18.6 Å². The smallest absolute Gasteiger partial charge is 0.0510 e. The van der Waals surface area contributed by atoms with Gasteiger partial charge >= 0.3 is 0 Å². The average Bonchev–Trinajstić information content (AvgIpc) is 2.91. The molecular weight excluding hydrogens is 210 g/mol. The first kappa shape index (κ1) is 11.2. The van der Waals surface area contributed by atoms with Crippen LogP contribution in [0.15, 0.2) is 24.3 Å². The van der Waals surface area contributed by atoms with Crippen molar-refractivity contribution in [2.24, 2.45) is 11.7 Å². The minimum absolute atomic E-state index is 0.277. The second-order valence-corrected chi connectivity index (χ2v) is 5.40. The van der Waals surface area contributed by atoms with Crippen LogP contribution in [0.2, 0.25) is 0 Å². The molecule has 1 aliphatic heterocycles. The molecule has 92 valence electrons. The van der Waals surface area contributed by atoms with Crippen molar-refractivity contribution in [1.29, 1.82) is 0 Å². The molecule has 1 heterocycles. The van der Waals surface area contributed by atoms with Crippen LogP contribution in [0.4, 0.5) is 0 Å². The lowest BCUT2D eigenvalue weighted by atomic mass is 9.75. The minimum atomic E-state index is 0.277. The highest BCUT2D eigenvalue weighted by molar-refractivity contribution is 5.33. The monoisotopic (exact) mass is 231 g/mol. The summed E-state index contributed by atoms with van der Waals surface area (Å²) in [6.07, 6.45) is 4.89. The minimum Gasteiger partial charge on any atom is -0.381 e. The summed E-state index contributed by atoms with van der Waals surface area (Å²) in [6.45, 7) is 1.76. The van der Waals surface area contributed by atoms with Crippen LogP contribution < -0.4 is 5.73 Å². The van der Waals surface area contributed by atoms with E-state index in [1.807, 2.05) is 0 Å². The summed E-state index contributed by atoms with van der Waals surface area (Å²) in [4.78, 5) is 0. The second kappa shape index (κ2) is 4.79. The number of hydrogen-bond acceptors (Lipinski definition) is 2. The van der Waals surface area contributed by atoms with E-state index >= 15 is 0 Å². The Kier molecular flexibility index (Phi) is 3.17. The van der Waals surface area contributed by atoms with Gasteiger partial charge in [0.2, 0.25) is 0 Å². The number of hydrogen-bond donors (Lipinski definition) is 1. The van der Waals surface area contributed by atoms with Crippen molar-refractivity contribution in [3.8, 4) is 0 Å². The molecule has 0 saturated carbocycles. The topological polar surface area (TPSA) is 35.2 Å². The summed E-state index contributed by atoms with van der Waals surface area (Å²) in [5.74, 6) is 1.11. The van der Waals surface area contributed by atoms with Crippen molar-refractivity contribution in [2.75, 3.05) is 13.2 Å². The van der Waals surface area contributed by atoms with E-state index < -0.39 is 0 Å². The van der Waals surface area contributed by atoms with Crippen LogP contribution in [0.5, 0.6) is 0 Å². The van der Waals surface area contributed by atoms with Crippen LogP contribution in [-0.4, -0.2) is 19.3 Å². The number of nitrogens with two attached hydrogens (primary N) is 1. The first-order valence-electron chi connectivity index (χ1n) is 6.77. The molecule has 2 N–H and O–H groups in total. The summed E-state index contributed by atoms with van der Waals surface area (Å²) in [5, 5.41) is 0. The van der Waals surface area contributed by atoms with Gasteiger partial charge in [-0.3, -0.25) is 0 Å². The van der Waals surface area contributed by atoms with E-state index in [1.165, 1.54) is 30.4 Å².